The summed E-state index contributed by atoms with van der Waals surface area (Å²) in [7, 11) is 0. The van der Waals surface area contributed by atoms with Crippen molar-refractivity contribution in [3.63, 3.8) is 0 Å². The summed E-state index contributed by atoms with van der Waals surface area (Å²) in [5.41, 5.74) is 2.95. The van der Waals surface area contributed by atoms with Gasteiger partial charge in [0, 0.05) is 11.2 Å². The minimum absolute atomic E-state index is 0.639. The van der Waals surface area contributed by atoms with Gasteiger partial charge in [-0.2, -0.15) is 0 Å². The van der Waals surface area contributed by atoms with E-state index in [2.05, 4.69) is 9.97 Å². The van der Waals surface area contributed by atoms with E-state index in [1.807, 2.05) is 41.0 Å². The lowest BCUT2D eigenvalue weighted by Crippen LogP contribution is -2.01. The van der Waals surface area contributed by atoms with Crippen LogP contribution in [0.4, 0.5) is 0 Å². The Morgan fingerprint density at radius 2 is 2.17 bits per heavy atom. The van der Waals surface area contributed by atoms with Crippen LogP contribution in [0.3, 0.4) is 0 Å². The fourth-order valence-electron chi connectivity index (χ4n) is 1.94. The van der Waals surface area contributed by atoms with Gasteiger partial charge in [-0.15, -0.1) is 0 Å². The van der Waals surface area contributed by atoms with Gasteiger partial charge in [-0.25, -0.2) is 0 Å². The summed E-state index contributed by atoms with van der Waals surface area (Å²) in [4.78, 5) is 7.48. The Bertz CT molecular complexity index is 746. The molecular formula is C13H10ClN3S. The lowest BCUT2D eigenvalue weighted by atomic mass is 10.3. The average Bonchev–Trinajstić information content (AvgIpc) is 2.67. The molecule has 2 heterocycles. The van der Waals surface area contributed by atoms with Gasteiger partial charge in [0.2, 0.25) is 0 Å². The Morgan fingerprint density at radius 3 is 2.94 bits per heavy atom. The number of nitrogens with zero attached hydrogens (tertiary/aromatic N) is 2. The number of halogens is 1. The Morgan fingerprint density at radius 1 is 1.28 bits per heavy atom. The molecule has 3 aromatic rings. The maximum atomic E-state index is 6.03. The van der Waals surface area contributed by atoms with Crippen molar-refractivity contribution in [1.82, 2.24) is 14.5 Å². The van der Waals surface area contributed by atoms with E-state index < -0.39 is 0 Å². The predicted octanol–water partition coefficient (Wildman–Crippen LogP) is 3.80. The molecule has 0 saturated heterocycles. The van der Waals surface area contributed by atoms with Crippen molar-refractivity contribution in [3.8, 4) is 0 Å². The van der Waals surface area contributed by atoms with Crippen LogP contribution in [0.2, 0.25) is 5.02 Å². The number of aromatic amines is 1. The molecule has 3 nitrogen and oxygen atoms in total. The number of nitrogens with one attached hydrogen (secondary N) is 1. The van der Waals surface area contributed by atoms with Crippen molar-refractivity contribution < 1.29 is 0 Å². The number of benzene rings is 1. The van der Waals surface area contributed by atoms with Crippen LogP contribution in [0.1, 0.15) is 5.69 Å². The third-order valence-corrected chi connectivity index (χ3v) is 3.34. The van der Waals surface area contributed by atoms with Crippen LogP contribution in [0.25, 0.3) is 11.0 Å². The number of imidazole rings is 1. The van der Waals surface area contributed by atoms with Crippen molar-refractivity contribution in [2.45, 2.75) is 6.54 Å². The molecule has 3 rings (SSSR count). The second-order valence-electron chi connectivity index (χ2n) is 4.00. The molecule has 1 aromatic carbocycles. The summed E-state index contributed by atoms with van der Waals surface area (Å²) in [6.07, 6.45) is 1.78. The number of rotatable bonds is 2. The minimum atomic E-state index is 0.639. The number of pyridine rings is 1. The van der Waals surface area contributed by atoms with E-state index in [0.29, 0.717) is 16.3 Å². The van der Waals surface area contributed by atoms with Crippen molar-refractivity contribution >= 4 is 34.9 Å². The van der Waals surface area contributed by atoms with E-state index in [4.69, 9.17) is 23.8 Å². The zero-order chi connectivity index (χ0) is 12.5. The van der Waals surface area contributed by atoms with Gasteiger partial charge in [-0.3, -0.25) is 4.98 Å². The molecule has 5 heteroatoms. The fourth-order valence-corrected chi connectivity index (χ4v) is 2.38. The smallest absolute Gasteiger partial charge is 0.178 e. The number of aromatic nitrogens is 3. The standard InChI is InChI=1S/C13H10ClN3S/c14-9-4-5-11-12(7-9)17(13(18)16-11)8-10-3-1-2-6-15-10/h1-7H,8H2,(H,16,18). The Balaban J connectivity index is 2.14. The molecule has 0 amide bonds. The maximum Gasteiger partial charge on any atom is 0.178 e. The summed E-state index contributed by atoms with van der Waals surface area (Å²) in [6, 6.07) is 11.5. The highest BCUT2D eigenvalue weighted by Crippen LogP contribution is 2.20. The molecular weight excluding hydrogens is 266 g/mol. The maximum absolute atomic E-state index is 6.03. The number of fused-ring (bicyclic) bond motifs is 1. The molecule has 0 atom stereocenters. The lowest BCUT2D eigenvalue weighted by Gasteiger charge is -2.03. The molecule has 0 spiro atoms. The summed E-state index contributed by atoms with van der Waals surface area (Å²) in [5.74, 6) is 0. The molecule has 0 aliphatic heterocycles. The van der Waals surface area contributed by atoms with Gasteiger partial charge in [-0.05, 0) is 42.5 Å². The van der Waals surface area contributed by atoms with Crippen LogP contribution in [0, 0.1) is 4.77 Å². The van der Waals surface area contributed by atoms with E-state index in [-0.39, 0.29) is 0 Å². The van der Waals surface area contributed by atoms with Gasteiger partial charge in [0.05, 0.1) is 23.3 Å². The Hall–Kier alpha value is -1.65. The summed E-state index contributed by atoms with van der Waals surface area (Å²) in [5, 5.41) is 0.700. The zero-order valence-corrected chi connectivity index (χ0v) is 11.0. The van der Waals surface area contributed by atoms with Gasteiger partial charge in [0.25, 0.3) is 0 Å². The van der Waals surface area contributed by atoms with E-state index >= 15 is 0 Å². The number of H-pyrrole nitrogens is 1. The Labute approximate surface area is 114 Å². The molecule has 2 aromatic heterocycles. The topological polar surface area (TPSA) is 33.6 Å². The van der Waals surface area contributed by atoms with Gasteiger partial charge < -0.3 is 9.55 Å². The van der Waals surface area contributed by atoms with Crippen LogP contribution < -0.4 is 0 Å². The third kappa shape index (κ3) is 2.05. The van der Waals surface area contributed by atoms with E-state index in [1.165, 1.54) is 0 Å². The van der Waals surface area contributed by atoms with Crippen LogP contribution in [0.15, 0.2) is 42.6 Å². The lowest BCUT2D eigenvalue weighted by molar-refractivity contribution is 0.785. The first-order chi connectivity index (χ1) is 8.74. The predicted molar refractivity (Wildman–Crippen MR) is 75.5 cm³/mol. The Kier molecular flexibility index (Phi) is 2.89. The van der Waals surface area contributed by atoms with Gasteiger partial charge >= 0.3 is 0 Å². The molecule has 0 fully saturated rings. The summed E-state index contributed by atoms with van der Waals surface area (Å²) < 4.78 is 2.68. The van der Waals surface area contributed by atoms with Crippen molar-refractivity contribution in [3.05, 3.63) is 58.1 Å². The van der Waals surface area contributed by atoms with Gasteiger partial charge in [0.1, 0.15) is 0 Å². The first kappa shape index (κ1) is 11.4. The van der Waals surface area contributed by atoms with Gasteiger partial charge in [-0.1, -0.05) is 17.7 Å². The normalized spacial score (nSPS) is 10.9. The fraction of sp³-hybridized carbons (Fsp3) is 0.0769. The molecule has 18 heavy (non-hydrogen) atoms. The first-order valence-corrected chi connectivity index (χ1v) is 6.30. The largest absolute Gasteiger partial charge is 0.331 e. The van der Waals surface area contributed by atoms with Crippen LogP contribution >= 0.6 is 23.8 Å². The average molecular weight is 276 g/mol. The number of hydrogen-bond donors (Lipinski definition) is 1. The molecule has 0 radical (unpaired) electrons. The van der Waals surface area contributed by atoms with Crippen LogP contribution in [0.5, 0.6) is 0 Å². The monoisotopic (exact) mass is 275 g/mol. The summed E-state index contributed by atoms with van der Waals surface area (Å²) >= 11 is 11.4. The van der Waals surface area contributed by atoms with E-state index in [0.717, 1.165) is 16.7 Å². The van der Waals surface area contributed by atoms with Crippen LogP contribution in [-0.2, 0) is 6.54 Å². The van der Waals surface area contributed by atoms with Crippen molar-refractivity contribution in [2.24, 2.45) is 0 Å². The highest BCUT2D eigenvalue weighted by molar-refractivity contribution is 7.71. The SMILES string of the molecule is S=c1[nH]c2ccc(Cl)cc2n1Cc1ccccn1. The molecule has 1 N–H and O–H groups in total. The third-order valence-electron chi connectivity index (χ3n) is 2.78. The zero-order valence-electron chi connectivity index (χ0n) is 9.43. The molecule has 0 aliphatic carbocycles. The molecule has 0 bridgehead atoms. The van der Waals surface area contributed by atoms with E-state index in [1.54, 1.807) is 6.20 Å². The minimum Gasteiger partial charge on any atom is -0.331 e. The first-order valence-electron chi connectivity index (χ1n) is 5.52. The highest BCUT2D eigenvalue weighted by atomic mass is 35.5. The molecule has 90 valence electrons. The van der Waals surface area contributed by atoms with Crippen molar-refractivity contribution in [1.29, 1.82) is 0 Å². The quantitative estimate of drug-likeness (QED) is 0.722. The second-order valence-corrected chi connectivity index (χ2v) is 4.82. The molecule has 0 aliphatic rings. The number of hydrogen-bond acceptors (Lipinski definition) is 2. The second kappa shape index (κ2) is 4.55. The van der Waals surface area contributed by atoms with E-state index in [9.17, 15) is 0 Å². The summed E-state index contributed by atoms with van der Waals surface area (Å²) in [6.45, 7) is 0.639. The van der Waals surface area contributed by atoms with Gasteiger partial charge in [0.15, 0.2) is 4.77 Å². The molecule has 0 saturated carbocycles. The molecule has 0 unspecified atom stereocenters. The highest BCUT2D eigenvalue weighted by Gasteiger charge is 2.06. The van der Waals surface area contributed by atoms with Crippen molar-refractivity contribution in [2.75, 3.05) is 0 Å². The van der Waals surface area contributed by atoms with Crippen LogP contribution in [-0.4, -0.2) is 14.5 Å².